The van der Waals surface area contributed by atoms with Crippen LogP contribution in [0.15, 0.2) is 54.9 Å². The molecule has 2 aromatic carbocycles. The molecule has 0 aliphatic rings. The molecule has 0 amide bonds. The Morgan fingerprint density at radius 3 is 2.00 bits per heavy atom. The zero-order valence-electron chi connectivity index (χ0n) is 19.5. The highest BCUT2D eigenvalue weighted by Gasteiger charge is 2.31. The monoisotopic (exact) mass is 396 g/mol. The van der Waals surface area contributed by atoms with Gasteiger partial charge in [-0.25, -0.2) is 9.37 Å². The first-order chi connectivity index (χ1) is 13.8. The zero-order chi connectivity index (χ0) is 22.2. The molecule has 0 aliphatic carbocycles. The molecule has 0 radical (unpaired) electrons. The molecule has 0 N–H and O–H groups in total. The summed E-state index contributed by atoms with van der Waals surface area (Å²) in [4.78, 5) is 4.62. The van der Waals surface area contributed by atoms with Crippen molar-refractivity contribution in [3.8, 4) is 17.1 Å². The SMILES string of the molecule is CC.CC.Cc1cccc(C)c1-n1ccnc1-c1ccccc1C(C)(C)[C@H](C)F. The Labute approximate surface area is 176 Å². The number of nitrogens with zero attached hydrogens (tertiary/aromatic N) is 2. The van der Waals surface area contributed by atoms with Crippen LogP contribution in [-0.4, -0.2) is 15.7 Å². The molecule has 3 heteroatoms. The summed E-state index contributed by atoms with van der Waals surface area (Å²) < 4.78 is 16.4. The van der Waals surface area contributed by atoms with Crippen molar-refractivity contribution in [2.24, 2.45) is 0 Å². The number of aryl methyl sites for hydroxylation is 2. The molecule has 2 nitrogen and oxygen atoms in total. The molecule has 0 spiro atoms. The lowest BCUT2D eigenvalue weighted by molar-refractivity contribution is 0.237. The minimum Gasteiger partial charge on any atom is -0.299 e. The molecule has 0 bridgehead atoms. The predicted molar refractivity (Wildman–Crippen MR) is 125 cm³/mol. The van der Waals surface area contributed by atoms with Crippen LogP contribution in [0, 0.1) is 13.8 Å². The molecule has 3 aromatic rings. The van der Waals surface area contributed by atoms with Crippen LogP contribution in [0.1, 0.15) is 65.2 Å². The summed E-state index contributed by atoms with van der Waals surface area (Å²) in [6.07, 6.45) is 2.83. The lowest BCUT2D eigenvalue weighted by Crippen LogP contribution is -2.28. The van der Waals surface area contributed by atoms with Gasteiger partial charge in [-0.15, -0.1) is 0 Å². The number of rotatable bonds is 4. The quantitative estimate of drug-likeness (QED) is 0.439. The van der Waals surface area contributed by atoms with Crippen LogP contribution < -0.4 is 0 Å². The molecule has 0 unspecified atom stereocenters. The van der Waals surface area contributed by atoms with E-state index in [4.69, 9.17) is 0 Å². The molecule has 0 saturated carbocycles. The molecule has 3 rings (SSSR count). The highest BCUT2D eigenvalue weighted by Crippen LogP contribution is 2.37. The number of hydrogen-bond donors (Lipinski definition) is 0. The molecule has 29 heavy (non-hydrogen) atoms. The Bertz CT molecular complexity index is 871. The van der Waals surface area contributed by atoms with E-state index in [2.05, 4.69) is 41.6 Å². The van der Waals surface area contributed by atoms with Gasteiger partial charge in [0.05, 0.1) is 5.69 Å². The normalized spacial score (nSPS) is 11.7. The second-order valence-corrected chi connectivity index (χ2v) is 7.24. The van der Waals surface area contributed by atoms with Gasteiger partial charge in [-0.3, -0.25) is 4.57 Å². The third-order valence-electron chi connectivity index (χ3n) is 5.18. The smallest absolute Gasteiger partial charge is 0.144 e. The van der Waals surface area contributed by atoms with Crippen molar-refractivity contribution in [3.05, 3.63) is 71.5 Å². The molecular formula is C26H37FN2. The summed E-state index contributed by atoms with van der Waals surface area (Å²) in [5.41, 5.74) is 4.88. The van der Waals surface area contributed by atoms with Gasteiger partial charge in [0, 0.05) is 23.4 Å². The Morgan fingerprint density at radius 1 is 0.897 bits per heavy atom. The Morgan fingerprint density at radius 2 is 1.45 bits per heavy atom. The van der Waals surface area contributed by atoms with Gasteiger partial charge in [0.2, 0.25) is 0 Å². The first-order valence-corrected chi connectivity index (χ1v) is 10.7. The molecule has 158 valence electrons. The van der Waals surface area contributed by atoms with Crippen LogP contribution in [0.2, 0.25) is 0 Å². The van der Waals surface area contributed by atoms with E-state index in [1.165, 1.54) is 11.1 Å². The number of hydrogen-bond acceptors (Lipinski definition) is 1. The van der Waals surface area contributed by atoms with Crippen LogP contribution in [-0.2, 0) is 5.41 Å². The number of alkyl halides is 1. The molecule has 1 atom stereocenters. The van der Waals surface area contributed by atoms with E-state index in [-0.39, 0.29) is 0 Å². The fraction of sp³-hybridized carbons (Fsp3) is 0.423. The van der Waals surface area contributed by atoms with Crippen molar-refractivity contribution in [2.45, 2.75) is 73.9 Å². The number of imidazole rings is 1. The molecule has 1 aromatic heterocycles. The van der Waals surface area contributed by atoms with E-state index >= 15 is 0 Å². The molecule has 0 aliphatic heterocycles. The van der Waals surface area contributed by atoms with Crippen molar-refractivity contribution in [3.63, 3.8) is 0 Å². The second kappa shape index (κ2) is 10.9. The number of para-hydroxylation sites is 1. The Kier molecular flexibility index (Phi) is 9.29. The van der Waals surface area contributed by atoms with Crippen LogP contribution >= 0.6 is 0 Å². The van der Waals surface area contributed by atoms with E-state index in [1.54, 1.807) is 6.92 Å². The first-order valence-electron chi connectivity index (χ1n) is 10.7. The van der Waals surface area contributed by atoms with E-state index in [9.17, 15) is 4.39 Å². The highest BCUT2D eigenvalue weighted by atomic mass is 19.1. The first kappa shape index (κ1) is 24.6. The maximum Gasteiger partial charge on any atom is 0.144 e. The maximum atomic E-state index is 14.3. The maximum absolute atomic E-state index is 14.3. The molecule has 1 heterocycles. The summed E-state index contributed by atoms with van der Waals surface area (Å²) in [5.74, 6) is 0.849. The summed E-state index contributed by atoms with van der Waals surface area (Å²) in [6.45, 7) is 17.7. The summed E-state index contributed by atoms with van der Waals surface area (Å²) in [6, 6.07) is 14.3. The Balaban J connectivity index is 0.000000989. The van der Waals surface area contributed by atoms with Crippen LogP contribution in [0.25, 0.3) is 17.1 Å². The molecular weight excluding hydrogens is 359 g/mol. The van der Waals surface area contributed by atoms with Gasteiger partial charge in [0.15, 0.2) is 0 Å². The van der Waals surface area contributed by atoms with Crippen molar-refractivity contribution in [1.82, 2.24) is 9.55 Å². The zero-order valence-corrected chi connectivity index (χ0v) is 19.5. The standard InChI is InChI=1S/C22H25FN2.2C2H6/c1-15-9-8-10-16(2)20(15)25-14-13-24-21(25)18-11-6-7-12-19(18)22(4,5)17(3)23;2*1-2/h6-14,17H,1-5H3;2*1-2H3/t17-;;/m0../s1. The van der Waals surface area contributed by atoms with Gasteiger partial charge in [-0.05, 0) is 37.5 Å². The van der Waals surface area contributed by atoms with E-state index < -0.39 is 11.6 Å². The topological polar surface area (TPSA) is 17.8 Å². The van der Waals surface area contributed by atoms with Gasteiger partial charge in [-0.1, -0.05) is 84.0 Å². The van der Waals surface area contributed by atoms with Crippen molar-refractivity contribution < 1.29 is 4.39 Å². The van der Waals surface area contributed by atoms with Crippen LogP contribution in [0.5, 0.6) is 0 Å². The molecule has 0 fully saturated rings. The van der Waals surface area contributed by atoms with Crippen molar-refractivity contribution in [1.29, 1.82) is 0 Å². The fourth-order valence-corrected chi connectivity index (χ4v) is 3.32. The minimum absolute atomic E-state index is 0.589. The highest BCUT2D eigenvalue weighted by molar-refractivity contribution is 5.66. The average molecular weight is 397 g/mol. The van der Waals surface area contributed by atoms with Gasteiger partial charge in [0.1, 0.15) is 12.0 Å². The van der Waals surface area contributed by atoms with Crippen molar-refractivity contribution in [2.75, 3.05) is 0 Å². The van der Waals surface area contributed by atoms with Gasteiger partial charge >= 0.3 is 0 Å². The minimum atomic E-state index is -0.961. The van der Waals surface area contributed by atoms with Gasteiger partial charge in [0.25, 0.3) is 0 Å². The summed E-state index contributed by atoms with van der Waals surface area (Å²) in [5, 5.41) is 0. The van der Waals surface area contributed by atoms with E-state index in [0.29, 0.717) is 0 Å². The predicted octanol–water partition coefficient (Wildman–Crippen LogP) is 7.84. The number of benzene rings is 2. The number of aromatic nitrogens is 2. The average Bonchev–Trinajstić information content (AvgIpc) is 3.20. The van der Waals surface area contributed by atoms with E-state index in [1.807, 2.05) is 78.2 Å². The molecule has 0 saturated heterocycles. The van der Waals surface area contributed by atoms with E-state index in [0.717, 1.165) is 22.6 Å². The lowest BCUT2D eigenvalue weighted by atomic mass is 9.78. The summed E-state index contributed by atoms with van der Waals surface area (Å²) in [7, 11) is 0. The Hall–Kier alpha value is -2.42. The van der Waals surface area contributed by atoms with Crippen molar-refractivity contribution >= 4 is 0 Å². The fourth-order valence-electron chi connectivity index (χ4n) is 3.32. The van der Waals surface area contributed by atoms with Crippen LogP contribution in [0.4, 0.5) is 4.39 Å². The van der Waals surface area contributed by atoms with Crippen LogP contribution in [0.3, 0.4) is 0 Å². The van der Waals surface area contributed by atoms with Gasteiger partial charge < -0.3 is 0 Å². The lowest BCUT2D eigenvalue weighted by Gasteiger charge is -2.29. The summed E-state index contributed by atoms with van der Waals surface area (Å²) >= 11 is 0. The second-order valence-electron chi connectivity index (χ2n) is 7.24. The largest absolute Gasteiger partial charge is 0.299 e. The van der Waals surface area contributed by atoms with Gasteiger partial charge in [-0.2, -0.15) is 0 Å². The third-order valence-corrected chi connectivity index (χ3v) is 5.18. The number of halogens is 1. The third kappa shape index (κ3) is 5.14.